The van der Waals surface area contributed by atoms with Crippen LogP contribution in [0, 0.1) is 0 Å². The molecule has 1 heterocycles. The zero-order chi connectivity index (χ0) is 19.2. The number of carbonyl (C=O) groups is 3. The first kappa shape index (κ1) is 18.4. The fraction of sp³-hybridized carbons (Fsp3) is 0.250. The average molecular weight is 368 g/mol. The highest BCUT2D eigenvalue weighted by atomic mass is 16.5. The van der Waals surface area contributed by atoms with Crippen molar-refractivity contribution in [3.63, 3.8) is 0 Å². The molecule has 0 spiro atoms. The molecule has 7 heteroatoms. The van der Waals surface area contributed by atoms with E-state index in [1.165, 1.54) is 0 Å². The second kappa shape index (κ2) is 8.35. The number of amides is 2. The lowest BCUT2D eigenvalue weighted by Gasteiger charge is -2.21. The van der Waals surface area contributed by atoms with Crippen LogP contribution < -0.4 is 14.5 Å². The van der Waals surface area contributed by atoms with E-state index in [2.05, 4.69) is 0 Å². The summed E-state index contributed by atoms with van der Waals surface area (Å²) in [5.41, 5.74) is 1.22. The second-order valence-electron chi connectivity index (χ2n) is 6.14. The highest BCUT2D eigenvalue weighted by molar-refractivity contribution is 5.98. The Bertz CT molecular complexity index is 837. The monoisotopic (exact) mass is 368 g/mol. The van der Waals surface area contributed by atoms with Crippen LogP contribution >= 0.6 is 0 Å². The van der Waals surface area contributed by atoms with Crippen LogP contribution in [-0.2, 0) is 14.4 Å². The number of carboxylic acid groups (broad SMARTS) is 1. The van der Waals surface area contributed by atoms with E-state index in [0.717, 1.165) is 17.0 Å². The Morgan fingerprint density at radius 3 is 2.56 bits per heavy atom. The average Bonchev–Trinajstić information content (AvgIpc) is 3.11. The Morgan fingerprint density at radius 2 is 1.89 bits per heavy atom. The first-order valence-corrected chi connectivity index (χ1v) is 8.65. The van der Waals surface area contributed by atoms with Crippen molar-refractivity contribution in [1.82, 2.24) is 0 Å². The Labute approximate surface area is 156 Å². The van der Waals surface area contributed by atoms with Gasteiger partial charge in [-0.15, -0.1) is 0 Å². The lowest BCUT2D eigenvalue weighted by atomic mass is 10.2. The number of anilines is 2. The van der Waals surface area contributed by atoms with Gasteiger partial charge in [-0.1, -0.05) is 24.3 Å². The minimum absolute atomic E-state index is 0.0694. The minimum Gasteiger partial charge on any atom is -0.484 e. The van der Waals surface area contributed by atoms with Gasteiger partial charge in [-0.3, -0.25) is 19.3 Å². The van der Waals surface area contributed by atoms with Gasteiger partial charge in [0, 0.05) is 30.4 Å². The van der Waals surface area contributed by atoms with Gasteiger partial charge in [-0.2, -0.15) is 0 Å². The molecule has 1 aliphatic heterocycles. The number of benzene rings is 2. The molecule has 2 amide bonds. The van der Waals surface area contributed by atoms with Gasteiger partial charge in [0.2, 0.25) is 5.91 Å². The summed E-state index contributed by atoms with van der Waals surface area (Å²) >= 11 is 0. The first-order valence-electron chi connectivity index (χ1n) is 8.65. The van der Waals surface area contributed by atoms with Gasteiger partial charge < -0.3 is 14.7 Å². The number of carbonyl (C=O) groups excluding carboxylic acids is 2. The third kappa shape index (κ3) is 4.63. The SMILES string of the molecule is O=C(O)CN(C(=O)COc1cccc(N2CCCC2=O)c1)c1ccccc1. The van der Waals surface area contributed by atoms with Crippen LogP contribution in [0.1, 0.15) is 12.8 Å². The number of para-hydroxylation sites is 1. The molecule has 1 aliphatic rings. The molecule has 7 nitrogen and oxygen atoms in total. The van der Waals surface area contributed by atoms with Crippen LogP contribution in [0.2, 0.25) is 0 Å². The van der Waals surface area contributed by atoms with Gasteiger partial charge in [0.25, 0.3) is 5.91 Å². The molecular formula is C20H20N2O5. The summed E-state index contributed by atoms with van der Waals surface area (Å²) in [6, 6.07) is 15.6. The van der Waals surface area contributed by atoms with Crippen molar-refractivity contribution < 1.29 is 24.2 Å². The molecule has 0 unspecified atom stereocenters. The molecule has 1 saturated heterocycles. The zero-order valence-electron chi connectivity index (χ0n) is 14.7. The lowest BCUT2D eigenvalue weighted by molar-refractivity contribution is -0.136. The summed E-state index contributed by atoms with van der Waals surface area (Å²) < 4.78 is 5.57. The fourth-order valence-corrected chi connectivity index (χ4v) is 2.95. The quantitative estimate of drug-likeness (QED) is 0.810. The summed E-state index contributed by atoms with van der Waals surface area (Å²) in [4.78, 5) is 38.4. The van der Waals surface area contributed by atoms with Gasteiger partial charge in [0.1, 0.15) is 12.3 Å². The normalized spacial score (nSPS) is 13.5. The van der Waals surface area contributed by atoms with Crippen molar-refractivity contribution in [2.24, 2.45) is 0 Å². The van der Waals surface area contributed by atoms with E-state index in [1.807, 2.05) is 6.07 Å². The van der Waals surface area contributed by atoms with Crippen LogP contribution in [-0.4, -0.2) is 42.6 Å². The highest BCUT2D eigenvalue weighted by Crippen LogP contribution is 2.25. The summed E-state index contributed by atoms with van der Waals surface area (Å²) in [7, 11) is 0. The van der Waals surface area contributed by atoms with Crippen molar-refractivity contribution in [1.29, 1.82) is 0 Å². The zero-order valence-corrected chi connectivity index (χ0v) is 14.7. The van der Waals surface area contributed by atoms with Gasteiger partial charge in [-0.05, 0) is 30.7 Å². The Balaban J connectivity index is 1.68. The Hall–Kier alpha value is -3.35. The van der Waals surface area contributed by atoms with E-state index in [0.29, 0.717) is 24.4 Å². The predicted molar refractivity (Wildman–Crippen MR) is 100.0 cm³/mol. The third-order valence-electron chi connectivity index (χ3n) is 4.23. The van der Waals surface area contributed by atoms with Gasteiger partial charge in [0.05, 0.1) is 0 Å². The van der Waals surface area contributed by atoms with E-state index in [4.69, 9.17) is 9.84 Å². The largest absolute Gasteiger partial charge is 0.484 e. The molecule has 0 aromatic heterocycles. The third-order valence-corrected chi connectivity index (χ3v) is 4.23. The van der Waals surface area contributed by atoms with Crippen molar-refractivity contribution in [3.05, 3.63) is 54.6 Å². The standard InChI is InChI=1S/C20H20N2O5/c23-18-10-5-11-21(18)16-8-4-9-17(12-16)27-14-19(24)22(13-20(25)26)15-6-2-1-3-7-15/h1-4,6-9,12H,5,10-11,13-14H2,(H,25,26). The molecule has 140 valence electrons. The Kier molecular flexibility index (Phi) is 5.71. The molecule has 0 aliphatic carbocycles. The molecule has 0 saturated carbocycles. The molecule has 2 aromatic carbocycles. The smallest absolute Gasteiger partial charge is 0.323 e. The number of carboxylic acids is 1. The maximum Gasteiger partial charge on any atom is 0.323 e. The van der Waals surface area contributed by atoms with E-state index in [9.17, 15) is 14.4 Å². The lowest BCUT2D eigenvalue weighted by Crippen LogP contribution is -2.38. The number of nitrogens with zero attached hydrogens (tertiary/aromatic N) is 2. The summed E-state index contributed by atoms with van der Waals surface area (Å²) in [6.07, 6.45) is 1.36. The van der Waals surface area contributed by atoms with Crippen LogP contribution in [0.4, 0.5) is 11.4 Å². The second-order valence-corrected chi connectivity index (χ2v) is 6.14. The summed E-state index contributed by atoms with van der Waals surface area (Å²) in [5, 5.41) is 9.09. The number of ether oxygens (including phenoxy) is 1. The highest BCUT2D eigenvalue weighted by Gasteiger charge is 2.22. The Morgan fingerprint density at radius 1 is 1.11 bits per heavy atom. The van der Waals surface area contributed by atoms with Gasteiger partial charge >= 0.3 is 5.97 Å². The minimum atomic E-state index is -1.11. The van der Waals surface area contributed by atoms with E-state index < -0.39 is 18.4 Å². The molecule has 1 N–H and O–H groups in total. The summed E-state index contributed by atoms with van der Waals surface area (Å²) in [6.45, 7) is -0.0876. The number of aliphatic carboxylic acids is 1. The molecule has 27 heavy (non-hydrogen) atoms. The molecular weight excluding hydrogens is 348 g/mol. The number of hydrogen-bond acceptors (Lipinski definition) is 4. The molecule has 3 rings (SSSR count). The van der Waals surface area contributed by atoms with Crippen LogP contribution in [0.15, 0.2) is 54.6 Å². The summed E-state index contributed by atoms with van der Waals surface area (Å²) in [5.74, 6) is -1.06. The molecule has 0 atom stereocenters. The van der Waals surface area contributed by atoms with Crippen molar-refractivity contribution >= 4 is 29.2 Å². The van der Waals surface area contributed by atoms with Crippen LogP contribution in [0.5, 0.6) is 5.75 Å². The molecule has 0 bridgehead atoms. The predicted octanol–water partition coefficient (Wildman–Crippen LogP) is 2.31. The maximum atomic E-state index is 12.5. The van der Waals surface area contributed by atoms with E-state index in [-0.39, 0.29) is 12.5 Å². The van der Waals surface area contributed by atoms with E-state index in [1.54, 1.807) is 53.4 Å². The maximum absolute atomic E-state index is 12.5. The van der Waals surface area contributed by atoms with Crippen molar-refractivity contribution in [3.8, 4) is 5.75 Å². The van der Waals surface area contributed by atoms with Gasteiger partial charge in [0.15, 0.2) is 6.61 Å². The van der Waals surface area contributed by atoms with Gasteiger partial charge in [-0.25, -0.2) is 0 Å². The van der Waals surface area contributed by atoms with Crippen molar-refractivity contribution in [2.75, 3.05) is 29.5 Å². The topological polar surface area (TPSA) is 87.2 Å². The number of hydrogen-bond donors (Lipinski definition) is 1. The first-order chi connectivity index (χ1) is 13.0. The van der Waals surface area contributed by atoms with Crippen molar-refractivity contribution in [2.45, 2.75) is 12.8 Å². The number of rotatable bonds is 7. The molecule has 0 radical (unpaired) electrons. The van der Waals surface area contributed by atoms with E-state index >= 15 is 0 Å². The molecule has 2 aromatic rings. The van der Waals surface area contributed by atoms with Crippen LogP contribution in [0.25, 0.3) is 0 Å². The molecule has 1 fully saturated rings. The fourth-order valence-electron chi connectivity index (χ4n) is 2.95. The van der Waals surface area contributed by atoms with Crippen LogP contribution in [0.3, 0.4) is 0 Å².